The van der Waals surface area contributed by atoms with Gasteiger partial charge in [-0.05, 0) is 17.7 Å². The number of rotatable bonds is 2. The summed E-state index contributed by atoms with van der Waals surface area (Å²) in [5, 5.41) is 5.51. The van der Waals surface area contributed by atoms with E-state index < -0.39 is 11.9 Å². The number of hydrogen-bond donors (Lipinski definition) is 1. The maximum atomic E-state index is 12.3. The summed E-state index contributed by atoms with van der Waals surface area (Å²) in [6, 6.07) is 4.22. The standard InChI is InChI=1S/C11H8F3N3/c1-2-7-3-4-8(15-6-7)9-5-10(17-16-9)11(12,13)14/h2-6H,1H2,(H,16,17). The van der Waals surface area contributed by atoms with Crippen LogP contribution in [0.3, 0.4) is 0 Å². The van der Waals surface area contributed by atoms with E-state index >= 15 is 0 Å². The fraction of sp³-hybridized carbons (Fsp3) is 0.0909. The first-order valence-electron chi connectivity index (χ1n) is 4.72. The van der Waals surface area contributed by atoms with E-state index in [0.29, 0.717) is 5.69 Å². The number of pyridine rings is 1. The van der Waals surface area contributed by atoms with Gasteiger partial charge in [-0.15, -0.1) is 0 Å². The molecule has 0 unspecified atom stereocenters. The van der Waals surface area contributed by atoms with Crippen LogP contribution in [0.4, 0.5) is 13.2 Å². The summed E-state index contributed by atoms with van der Waals surface area (Å²) in [5.41, 5.74) is 0.442. The molecule has 88 valence electrons. The van der Waals surface area contributed by atoms with E-state index in [0.717, 1.165) is 11.6 Å². The molecule has 17 heavy (non-hydrogen) atoms. The van der Waals surface area contributed by atoms with Gasteiger partial charge in [-0.2, -0.15) is 18.3 Å². The Bertz CT molecular complexity index is 526. The predicted octanol–water partition coefficient (Wildman–Crippen LogP) is 3.13. The SMILES string of the molecule is C=Cc1ccc(-c2cc(C(F)(F)F)[nH]n2)nc1. The molecule has 0 fully saturated rings. The maximum absolute atomic E-state index is 12.3. The largest absolute Gasteiger partial charge is 0.432 e. The Morgan fingerprint density at radius 2 is 2.00 bits per heavy atom. The number of nitrogens with one attached hydrogen (secondary N) is 1. The first kappa shape index (κ1) is 11.4. The molecule has 0 aromatic carbocycles. The number of hydrogen-bond acceptors (Lipinski definition) is 2. The first-order chi connectivity index (χ1) is 8.00. The van der Waals surface area contributed by atoms with Crippen LogP contribution in [0.5, 0.6) is 0 Å². The lowest BCUT2D eigenvalue weighted by atomic mass is 10.2. The normalized spacial score (nSPS) is 11.5. The summed E-state index contributed by atoms with van der Waals surface area (Å²) in [4.78, 5) is 3.99. The summed E-state index contributed by atoms with van der Waals surface area (Å²) in [6.45, 7) is 3.56. The van der Waals surface area contributed by atoms with Crippen molar-refractivity contribution in [2.24, 2.45) is 0 Å². The minimum Gasteiger partial charge on any atom is -0.273 e. The fourth-order valence-corrected chi connectivity index (χ4v) is 1.28. The topological polar surface area (TPSA) is 41.6 Å². The molecule has 0 aliphatic rings. The molecular weight excluding hydrogens is 231 g/mol. The minimum absolute atomic E-state index is 0.160. The lowest BCUT2D eigenvalue weighted by molar-refractivity contribution is -0.141. The third kappa shape index (κ3) is 2.35. The molecule has 2 rings (SSSR count). The van der Waals surface area contributed by atoms with Gasteiger partial charge < -0.3 is 0 Å². The zero-order valence-electron chi connectivity index (χ0n) is 8.62. The van der Waals surface area contributed by atoms with E-state index in [4.69, 9.17) is 0 Å². The summed E-state index contributed by atoms with van der Waals surface area (Å²) < 4.78 is 37.0. The van der Waals surface area contributed by atoms with Crippen molar-refractivity contribution in [2.75, 3.05) is 0 Å². The molecule has 0 aliphatic heterocycles. The highest BCUT2D eigenvalue weighted by Gasteiger charge is 2.33. The number of halogens is 3. The van der Waals surface area contributed by atoms with Gasteiger partial charge in [0.15, 0.2) is 0 Å². The number of nitrogens with zero attached hydrogens (tertiary/aromatic N) is 2. The Balaban J connectivity index is 2.33. The van der Waals surface area contributed by atoms with E-state index in [2.05, 4.69) is 16.7 Å². The summed E-state index contributed by atoms with van der Waals surface area (Å²) in [5.74, 6) is 0. The fourth-order valence-electron chi connectivity index (χ4n) is 1.28. The summed E-state index contributed by atoms with van der Waals surface area (Å²) >= 11 is 0. The van der Waals surface area contributed by atoms with Crippen molar-refractivity contribution in [2.45, 2.75) is 6.18 Å². The van der Waals surface area contributed by atoms with Crippen molar-refractivity contribution < 1.29 is 13.2 Å². The molecule has 0 aliphatic carbocycles. The van der Waals surface area contributed by atoms with Crippen molar-refractivity contribution in [3.8, 4) is 11.4 Å². The number of aromatic nitrogens is 3. The molecular formula is C11H8F3N3. The molecule has 1 N–H and O–H groups in total. The van der Waals surface area contributed by atoms with E-state index in [-0.39, 0.29) is 5.69 Å². The Hall–Kier alpha value is -2.11. The van der Waals surface area contributed by atoms with Crippen molar-refractivity contribution in [3.05, 3.63) is 42.2 Å². The highest BCUT2D eigenvalue weighted by atomic mass is 19.4. The van der Waals surface area contributed by atoms with Crippen LogP contribution in [0.1, 0.15) is 11.3 Å². The Labute approximate surface area is 95.0 Å². The average molecular weight is 239 g/mol. The average Bonchev–Trinajstić information content (AvgIpc) is 2.78. The lowest BCUT2D eigenvalue weighted by Gasteiger charge is -1.99. The lowest BCUT2D eigenvalue weighted by Crippen LogP contribution is -2.04. The number of aromatic amines is 1. The smallest absolute Gasteiger partial charge is 0.273 e. The molecule has 2 aromatic rings. The van der Waals surface area contributed by atoms with Gasteiger partial charge in [-0.25, -0.2) is 0 Å². The number of alkyl halides is 3. The molecule has 0 amide bonds. The van der Waals surface area contributed by atoms with Crippen LogP contribution in [0.25, 0.3) is 17.5 Å². The van der Waals surface area contributed by atoms with E-state index in [1.807, 2.05) is 5.10 Å². The van der Waals surface area contributed by atoms with Crippen molar-refractivity contribution in [1.82, 2.24) is 15.2 Å². The van der Waals surface area contributed by atoms with Gasteiger partial charge in [0.25, 0.3) is 0 Å². The maximum Gasteiger partial charge on any atom is 0.432 e. The molecule has 0 bridgehead atoms. The van der Waals surface area contributed by atoms with Crippen molar-refractivity contribution in [1.29, 1.82) is 0 Å². The van der Waals surface area contributed by atoms with Gasteiger partial charge in [0.1, 0.15) is 11.4 Å². The second-order valence-electron chi connectivity index (χ2n) is 3.35. The van der Waals surface area contributed by atoms with Crippen LogP contribution < -0.4 is 0 Å². The number of H-pyrrole nitrogens is 1. The summed E-state index contributed by atoms with van der Waals surface area (Å²) in [7, 11) is 0. The molecule has 2 aromatic heterocycles. The molecule has 0 radical (unpaired) electrons. The zero-order valence-corrected chi connectivity index (χ0v) is 8.62. The molecule has 3 nitrogen and oxygen atoms in total. The van der Waals surface area contributed by atoms with E-state index in [9.17, 15) is 13.2 Å². The van der Waals surface area contributed by atoms with Gasteiger partial charge in [0.05, 0.1) is 5.69 Å². The minimum atomic E-state index is -4.42. The highest BCUT2D eigenvalue weighted by Crippen LogP contribution is 2.29. The molecule has 0 saturated carbocycles. The molecule has 2 heterocycles. The second-order valence-corrected chi connectivity index (χ2v) is 3.35. The zero-order chi connectivity index (χ0) is 12.5. The van der Waals surface area contributed by atoms with Gasteiger partial charge in [0.2, 0.25) is 0 Å². The van der Waals surface area contributed by atoms with Crippen molar-refractivity contribution >= 4 is 6.08 Å². The molecule has 0 saturated heterocycles. The summed E-state index contributed by atoms with van der Waals surface area (Å²) in [6.07, 6.45) is -1.31. The van der Waals surface area contributed by atoms with E-state index in [1.54, 1.807) is 18.2 Å². The van der Waals surface area contributed by atoms with Gasteiger partial charge >= 0.3 is 6.18 Å². The highest BCUT2D eigenvalue weighted by molar-refractivity contribution is 5.57. The van der Waals surface area contributed by atoms with Gasteiger partial charge in [-0.3, -0.25) is 10.1 Å². The van der Waals surface area contributed by atoms with Crippen LogP contribution in [0.15, 0.2) is 31.0 Å². The van der Waals surface area contributed by atoms with Crippen LogP contribution in [-0.2, 0) is 6.18 Å². The molecule has 6 heteroatoms. The van der Waals surface area contributed by atoms with Crippen LogP contribution in [0, 0.1) is 0 Å². The Morgan fingerprint density at radius 3 is 2.47 bits per heavy atom. The van der Waals surface area contributed by atoms with E-state index in [1.165, 1.54) is 6.20 Å². The van der Waals surface area contributed by atoms with Crippen LogP contribution >= 0.6 is 0 Å². The molecule has 0 atom stereocenters. The third-order valence-electron chi connectivity index (χ3n) is 2.17. The monoisotopic (exact) mass is 239 g/mol. The van der Waals surface area contributed by atoms with Crippen molar-refractivity contribution in [3.63, 3.8) is 0 Å². The quantitative estimate of drug-likeness (QED) is 0.874. The van der Waals surface area contributed by atoms with Gasteiger partial charge in [0, 0.05) is 6.20 Å². The molecule has 0 spiro atoms. The van der Waals surface area contributed by atoms with Gasteiger partial charge in [-0.1, -0.05) is 18.7 Å². The Morgan fingerprint density at radius 1 is 1.24 bits per heavy atom. The van der Waals surface area contributed by atoms with Crippen LogP contribution in [0.2, 0.25) is 0 Å². The first-order valence-corrected chi connectivity index (χ1v) is 4.72. The Kier molecular flexibility index (Phi) is 2.71. The second kappa shape index (κ2) is 4.04. The predicted molar refractivity (Wildman–Crippen MR) is 56.9 cm³/mol. The third-order valence-corrected chi connectivity index (χ3v) is 2.17. The van der Waals surface area contributed by atoms with Crippen LogP contribution in [-0.4, -0.2) is 15.2 Å².